The first kappa shape index (κ1) is 15.6. The number of hydrogen-bond donors (Lipinski definition) is 1. The van der Waals surface area contributed by atoms with Gasteiger partial charge < -0.3 is 15.0 Å². The van der Waals surface area contributed by atoms with Gasteiger partial charge in [-0.2, -0.15) is 5.26 Å². The molecule has 0 atom stereocenters. The van der Waals surface area contributed by atoms with Crippen molar-refractivity contribution in [2.75, 3.05) is 18.4 Å². The van der Waals surface area contributed by atoms with Gasteiger partial charge in [0, 0.05) is 10.2 Å². The van der Waals surface area contributed by atoms with Crippen LogP contribution < -0.4 is 5.32 Å². The van der Waals surface area contributed by atoms with Crippen molar-refractivity contribution in [3.05, 3.63) is 28.7 Å². The summed E-state index contributed by atoms with van der Waals surface area (Å²) in [7, 11) is 0. The van der Waals surface area contributed by atoms with Gasteiger partial charge in [0.05, 0.1) is 19.2 Å². The van der Waals surface area contributed by atoms with E-state index >= 15 is 0 Å². The van der Waals surface area contributed by atoms with Crippen LogP contribution in [0.1, 0.15) is 20.8 Å². The molecular formula is C15H18BrN3O2. The minimum Gasteiger partial charge on any atom is -0.444 e. The zero-order chi connectivity index (χ0) is 15.7. The molecule has 0 bridgehead atoms. The first-order valence-corrected chi connectivity index (χ1v) is 7.46. The molecule has 1 amide bonds. The summed E-state index contributed by atoms with van der Waals surface area (Å²) in [6.07, 6.45) is -0.387. The maximum atomic E-state index is 11.9. The van der Waals surface area contributed by atoms with Gasteiger partial charge in [-0.1, -0.05) is 12.1 Å². The molecule has 1 aromatic rings. The maximum absolute atomic E-state index is 11.9. The summed E-state index contributed by atoms with van der Waals surface area (Å²) in [6, 6.07) is 9.84. The molecule has 0 spiro atoms. The third-order valence-corrected chi connectivity index (χ3v) is 3.73. The van der Waals surface area contributed by atoms with Gasteiger partial charge in [-0.25, -0.2) is 4.79 Å². The fourth-order valence-corrected chi connectivity index (χ4v) is 2.44. The summed E-state index contributed by atoms with van der Waals surface area (Å²) in [4.78, 5) is 13.4. The first-order valence-electron chi connectivity index (χ1n) is 6.67. The van der Waals surface area contributed by atoms with Crippen LogP contribution in [0.2, 0.25) is 0 Å². The van der Waals surface area contributed by atoms with E-state index in [-0.39, 0.29) is 6.09 Å². The molecule has 5 nitrogen and oxygen atoms in total. The molecule has 1 heterocycles. The Hall–Kier alpha value is -1.74. The number of para-hydroxylation sites is 1. The lowest BCUT2D eigenvalue weighted by Crippen LogP contribution is -2.67. The zero-order valence-electron chi connectivity index (χ0n) is 12.3. The Morgan fingerprint density at radius 1 is 1.43 bits per heavy atom. The number of nitrogens with zero attached hydrogens (tertiary/aromatic N) is 2. The van der Waals surface area contributed by atoms with Crippen molar-refractivity contribution in [2.45, 2.75) is 31.9 Å². The Bertz CT molecular complexity index is 583. The Balaban J connectivity index is 2.00. The maximum Gasteiger partial charge on any atom is 0.410 e. The van der Waals surface area contributed by atoms with Crippen LogP contribution in [-0.4, -0.2) is 35.2 Å². The average Bonchev–Trinajstić information content (AvgIpc) is 2.33. The highest BCUT2D eigenvalue weighted by Gasteiger charge is 2.47. The number of anilines is 1. The normalized spacial score (nSPS) is 16.6. The highest BCUT2D eigenvalue weighted by atomic mass is 79.9. The fraction of sp³-hybridized carbons (Fsp3) is 0.467. The van der Waals surface area contributed by atoms with Crippen molar-refractivity contribution < 1.29 is 9.53 Å². The van der Waals surface area contributed by atoms with Gasteiger partial charge in [0.15, 0.2) is 5.54 Å². The van der Waals surface area contributed by atoms with E-state index in [9.17, 15) is 10.1 Å². The number of hydrogen-bond acceptors (Lipinski definition) is 4. The van der Waals surface area contributed by atoms with E-state index in [1.807, 2.05) is 45.0 Å². The molecule has 0 radical (unpaired) electrons. The Kier molecular flexibility index (Phi) is 4.15. The van der Waals surface area contributed by atoms with Gasteiger partial charge in [-0.05, 0) is 48.8 Å². The summed E-state index contributed by atoms with van der Waals surface area (Å²) < 4.78 is 6.18. The second kappa shape index (κ2) is 5.57. The first-order chi connectivity index (χ1) is 9.75. The van der Waals surface area contributed by atoms with Crippen LogP contribution in [0.4, 0.5) is 10.5 Å². The monoisotopic (exact) mass is 351 g/mol. The molecule has 1 aromatic carbocycles. The van der Waals surface area contributed by atoms with E-state index in [0.29, 0.717) is 13.1 Å². The highest BCUT2D eigenvalue weighted by Crippen LogP contribution is 2.30. The Morgan fingerprint density at radius 3 is 2.57 bits per heavy atom. The largest absolute Gasteiger partial charge is 0.444 e. The van der Waals surface area contributed by atoms with E-state index in [0.717, 1.165) is 10.2 Å². The lowest BCUT2D eigenvalue weighted by atomic mass is 9.91. The molecule has 1 aliphatic heterocycles. The van der Waals surface area contributed by atoms with Crippen LogP contribution in [-0.2, 0) is 4.74 Å². The molecule has 0 aromatic heterocycles. The van der Waals surface area contributed by atoms with Crippen molar-refractivity contribution in [1.82, 2.24) is 4.90 Å². The minimum absolute atomic E-state index is 0.305. The van der Waals surface area contributed by atoms with Crippen LogP contribution in [0.5, 0.6) is 0 Å². The summed E-state index contributed by atoms with van der Waals surface area (Å²) in [5, 5.41) is 12.6. The number of likely N-dealkylation sites (tertiary alicyclic amines) is 1. The number of ether oxygens (including phenoxy) is 1. The predicted octanol–water partition coefficient (Wildman–Crippen LogP) is 3.37. The van der Waals surface area contributed by atoms with Gasteiger partial charge in [0.1, 0.15) is 5.60 Å². The SMILES string of the molecule is CC(C)(C)OC(=O)N1CC(C#N)(Nc2ccccc2Br)C1. The van der Waals surface area contributed by atoms with Crippen LogP contribution in [0, 0.1) is 11.3 Å². The predicted molar refractivity (Wildman–Crippen MR) is 83.9 cm³/mol. The zero-order valence-corrected chi connectivity index (χ0v) is 13.9. The van der Waals surface area contributed by atoms with Crippen molar-refractivity contribution in [1.29, 1.82) is 5.26 Å². The molecule has 1 saturated heterocycles. The Labute approximate surface area is 133 Å². The van der Waals surface area contributed by atoms with Crippen LogP contribution in [0.3, 0.4) is 0 Å². The summed E-state index contributed by atoms with van der Waals surface area (Å²) in [5.41, 5.74) is -0.457. The number of nitriles is 1. The van der Waals surface area contributed by atoms with E-state index in [1.165, 1.54) is 4.90 Å². The third kappa shape index (κ3) is 3.67. The fourth-order valence-electron chi connectivity index (χ4n) is 2.06. The smallest absolute Gasteiger partial charge is 0.410 e. The van der Waals surface area contributed by atoms with Crippen LogP contribution >= 0.6 is 15.9 Å². The van der Waals surface area contributed by atoms with E-state index in [2.05, 4.69) is 27.3 Å². The van der Waals surface area contributed by atoms with Crippen molar-refractivity contribution in [3.8, 4) is 6.07 Å². The molecule has 21 heavy (non-hydrogen) atoms. The molecule has 2 rings (SSSR count). The summed E-state index contributed by atoms with van der Waals surface area (Å²) in [5.74, 6) is 0. The molecule has 0 unspecified atom stereocenters. The Morgan fingerprint density at radius 2 is 2.05 bits per heavy atom. The summed E-state index contributed by atoms with van der Waals surface area (Å²) in [6.45, 7) is 6.07. The molecule has 1 N–H and O–H groups in total. The molecule has 1 aliphatic rings. The van der Waals surface area contributed by atoms with Gasteiger partial charge in [-0.15, -0.1) is 0 Å². The number of carbonyl (C=O) groups excluding carboxylic acids is 1. The second-order valence-corrected chi connectivity index (χ2v) is 6.99. The molecule has 0 saturated carbocycles. The number of rotatable bonds is 2. The van der Waals surface area contributed by atoms with Crippen LogP contribution in [0.25, 0.3) is 0 Å². The third-order valence-electron chi connectivity index (χ3n) is 3.04. The van der Waals surface area contributed by atoms with Crippen molar-refractivity contribution in [3.63, 3.8) is 0 Å². The molecule has 1 fully saturated rings. The standard InChI is InChI=1S/C15H18BrN3O2/c1-14(2,3)21-13(20)19-9-15(8-17,10-19)18-12-7-5-4-6-11(12)16/h4-7,18H,9-10H2,1-3H3. The number of amides is 1. The van der Waals surface area contributed by atoms with Gasteiger partial charge in [0.2, 0.25) is 0 Å². The van der Waals surface area contributed by atoms with E-state index in [4.69, 9.17) is 4.74 Å². The number of nitrogens with one attached hydrogen (secondary N) is 1. The lowest BCUT2D eigenvalue weighted by Gasteiger charge is -2.46. The molecule has 112 valence electrons. The van der Waals surface area contributed by atoms with Gasteiger partial charge in [-0.3, -0.25) is 0 Å². The summed E-state index contributed by atoms with van der Waals surface area (Å²) >= 11 is 3.44. The number of benzene rings is 1. The topological polar surface area (TPSA) is 65.4 Å². The lowest BCUT2D eigenvalue weighted by molar-refractivity contribution is 0.00355. The highest BCUT2D eigenvalue weighted by molar-refractivity contribution is 9.10. The van der Waals surface area contributed by atoms with Crippen LogP contribution in [0.15, 0.2) is 28.7 Å². The molecular weight excluding hydrogens is 334 g/mol. The number of halogens is 1. The average molecular weight is 352 g/mol. The molecule has 6 heteroatoms. The second-order valence-electron chi connectivity index (χ2n) is 6.14. The van der Waals surface area contributed by atoms with Crippen molar-refractivity contribution >= 4 is 27.7 Å². The molecule has 0 aliphatic carbocycles. The minimum atomic E-state index is -0.763. The van der Waals surface area contributed by atoms with Gasteiger partial charge in [0.25, 0.3) is 0 Å². The quantitative estimate of drug-likeness (QED) is 0.886. The van der Waals surface area contributed by atoms with Crippen molar-refractivity contribution in [2.24, 2.45) is 0 Å². The van der Waals surface area contributed by atoms with Gasteiger partial charge >= 0.3 is 6.09 Å². The number of carbonyl (C=O) groups is 1. The van der Waals surface area contributed by atoms with E-state index < -0.39 is 11.1 Å². The van der Waals surface area contributed by atoms with E-state index in [1.54, 1.807) is 0 Å².